The zero-order valence-electron chi connectivity index (χ0n) is 10.7. The van der Waals surface area contributed by atoms with Crippen LogP contribution in [0.15, 0.2) is 11.8 Å². The summed E-state index contributed by atoms with van der Waals surface area (Å²) in [5.41, 5.74) is 0. The average Bonchev–Trinajstić information content (AvgIpc) is 2.40. The molecule has 0 spiro atoms. The van der Waals surface area contributed by atoms with E-state index >= 15 is 0 Å². The second kappa shape index (κ2) is 7.96. The van der Waals surface area contributed by atoms with Crippen LogP contribution in [-0.2, 0) is 26.0 Å². The van der Waals surface area contributed by atoms with Gasteiger partial charge in [0.05, 0.1) is 5.76 Å². The van der Waals surface area contributed by atoms with Crippen LogP contribution in [0.25, 0.3) is 0 Å². The molecule has 1 heterocycles. The van der Waals surface area contributed by atoms with Crippen LogP contribution in [0.5, 0.6) is 0 Å². The molecule has 0 radical (unpaired) electrons. The third-order valence-electron chi connectivity index (χ3n) is 3.94. The van der Waals surface area contributed by atoms with Crippen molar-refractivity contribution in [3.63, 3.8) is 0 Å². The predicted molar refractivity (Wildman–Crippen MR) is 65.8 cm³/mol. The quantitative estimate of drug-likeness (QED) is 0.495. The number of carbonyl (C=O) groups is 1. The van der Waals surface area contributed by atoms with Gasteiger partial charge in [0.25, 0.3) is 0 Å². The van der Waals surface area contributed by atoms with Gasteiger partial charge < -0.3 is 9.84 Å². The molecule has 0 unspecified atom stereocenters. The van der Waals surface area contributed by atoms with Crippen LogP contribution in [0, 0.1) is 11.8 Å². The van der Waals surface area contributed by atoms with Crippen molar-refractivity contribution in [2.75, 3.05) is 13.2 Å². The van der Waals surface area contributed by atoms with Gasteiger partial charge in [-0.05, 0) is 25.7 Å². The van der Waals surface area contributed by atoms with Crippen LogP contribution in [0.3, 0.4) is 0 Å². The van der Waals surface area contributed by atoms with E-state index in [2.05, 4.69) is 0 Å². The summed E-state index contributed by atoms with van der Waals surface area (Å²) in [5.74, 6) is 0.708. The summed E-state index contributed by atoms with van der Waals surface area (Å²) in [6.07, 6.45) is 8.71. The number of rotatable bonds is 3. The van der Waals surface area contributed by atoms with Gasteiger partial charge in [-0.15, -0.1) is 0 Å². The fourth-order valence-electron chi connectivity index (χ4n) is 2.76. The van der Waals surface area contributed by atoms with Crippen LogP contribution < -0.4 is 0 Å². The zero-order valence-corrected chi connectivity index (χ0v) is 11.7. The van der Waals surface area contributed by atoms with Crippen LogP contribution in [0.4, 0.5) is 0 Å². The molecule has 1 aliphatic carbocycles. The Balaban J connectivity index is 0.00000162. The molecule has 4 heteroatoms. The number of aliphatic hydroxyl groups excluding tert-OH is 1. The van der Waals surface area contributed by atoms with Gasteiger partial charge in [0.1, 0.15) is 0 Å². The van der Waals surface area contributed by atoms with Crippen molar-refractivity contribution in [1.82, 2.24) is 0 Å². The topological polar surface area (TPSA) is 46.5 Å². The van der Waals surface area contributed by atoms with Crippen molar-refractivity contribution in [3.05, 3.63) is 11.8 Å². The molecule has 0 aromatic rings. The molecule has 0 aromatic carbocycles. The second-order valence-corrected chi connectivity index (χ2v) is 5.19. The Morgan fingerprint density at radius 1 is 1.00 bits per heavy atom. The smallest absolute Gasteiger partial charge is 0.162 e. The van der Waals surface area contributed by atoms with E-state index in [4.69, 9.17) is 4.74 Å². The molecule has 1 aliphatic heterocycles. The van der Waals surface area contributed by atoms with E-state index in [1.807, 2.05) is 0 Å². The van der Waals surface area contributed by atoms with Crippen molar-refractivity contribution in [3.8, 4) is 0 Å². The summed E-state index contributed by atoms with van der Waals surface area (Å²) in [6.45, 7) is 1.39. The third kappa shape index (κ3) is 4.40. The molecule has 1 saturated heterocycles. The third-order valence-corrected chi connectivity index (χ3v) is 3.94. The Kier molecular flexibility index (Phi) is 6.95. The maximum Gasteiger partial charge on any atom is 0.162 e. The second-order valence-electron chi connectivity index (χ2n) is 5.19. The molecular formula is C14H22NiO3. The van der Waals surface area contributed by atoms with E-state index in [-0.39, 0.29) is 39.9 Å². The Hall–Kier alpha value is -0.336. The largest absolute Gasteiger partial charge is 0.512 e. The molecule has 1 N–H and O–H groups in total. The molecular weight excluding hydrogens is 275 g/mol. The predicted octanol–water partition coefficient (Wildman–Crippen LogP) is 3.00. The number of ether oxygens (including phenoxy) is 1. The monoisotopic (exact) mass is 296 g/mol. The Bertz CT molecular complexity index is 289. The summed E-state index contributed by atoms with van der Waals surface area (Å²) >= 11 is 0. The minimum absolute atomic E-state index is 0. The van der Waals surface area contributed by atoms with Gasteiger partial charge in [-0.1, -0.05) is 19.3 Å². The standard InChI is InChI=1S/C14H22O3.Ni/c15-13(11-4-2-1-3-5-11)10-14(16)12-6-8-17-9-7-12;/h10-12,16H,1-9H2;/b14-10-;. The molecule has 18 heavy (non-hydrogen) atoms. The number of aliphatic hydroxyl groups is 1. The van der Waals surface area contributed by atoms with Crippen molar-refractivity contribution in [2.24, 2.45) is 11.8 Å². The van der Waals surface area contributed by atoms with Crippen LogP contribution in [0.2, 0.25) is 0 Å². The van der Waals surface area contributed by atoms with E-state index in [1.165, 1.54) is 12.5 Å². The summed E-state index contributed by atoms with van der Waals surface area (Å²) in [6, 6.07) is 0. The van der Waals surface area contributed by atoms with Crippen molar-refractivity contribution in [1.29, 1.82) is 0 Å². The Labute approximate surface area is 119 Å². The molecule has 0 atom stereocenters. The van der Waals surface area contributed by atoms with Crippen LogP contribution in [0.1, 0.15) is 44.9 Å². The number of hydrogen-bond acceptors (Lipinski definition) is 3. The normalized spacial score (nSPS) is 23.4. The van der Waals surface area contributed by atoms with Gasteiger partial charge in [0.2, 0.25) is 0 Å². The summed E-state index contributed by atoms with van der Waals surface area (Å²) in [4.78, 5) is 12.0. The first-order valence-electron chi connectivity index (χ1n) is 6.79. The molecule has 2 aliphatic rings. The number of ketones is 1. The Morgan fingerprint density at radius 3 is 2.22 bits per heavy atom. The van der Waals surface area contributed by atoms with Gasteiger partial charge in [-0.3, -0.25) is 4.79 Å². The van der Waals surface area contributed by atoms with Crippen molar-refractivity contribution in [2.45, 2.75) is 44.9 Å². The first-order chi connectivity index (χ1) is 8.27. The van der Waals surface area contributed by atoms with E-state index in [1.54, 1.807) is 0 Å². The van der Waals surface area contributed by atoms with Crippen molar-refractivity contribution < 1.29 is 31.1 Å². The number of hydrogen-bond donors (Lipinski definition) is 1. The van der Waals surface area contributed by atoms with Gasteiger partial charge in [-0.25, -0.2) is 0 Å². The number of carbonyl (C=O) groups excluding carboxylic acids is 1. The van der Waals surface area contributed by atoms with Gasteiger partial charge in [-0.2, -0.15) is 0 Å². The maximum absolute atomic E-state index is 12.0. The molecule has 0 amide bonds. The molecule has 0 bridgehead atoms. The maximum atomic E-state index is 12.0. The summed E-state index contributed by atoms with van der Waals surface area (Å²) in [5, 5.41) is 9.96. The number of allylic oxidation sites excluding steroid dienone is 2. The van der Waals surface area contributed by atoms with Gasteiger partial charge >= 0.3 is 0 Å². The fraction of sp³-hybridized carbons (Fsp3) is 0.786. The first kappa shape index (κ1) is 15.7. The van der Waals surface area contributed by atoms with E-state index < -0.39 is 0 Å². The molecule has 2 fully saturated rings. The van der Waals surface area contributed by atoms with E-state index in [0.717, 1.165) is 38.5 Å². The molecule has 106 valence electrons. The minimum atomic E-state index is 0. The van der Waals surface area contributed by atoms with E-state index in [9.17, 15) is 9.90 Å². The Morgan fingerprint density at radius 2 is 1.61 bits per heavy atom. The SMILES string of the molecule is O=C(/C=C(\O)C1CCOCC1)C1CCCCC1.[Ni]. The average molecular weight is 297 g/mol. The van der Waals surface area contributed by atoms with Crippen LogP contribution >= 0.6 is 0 Å². The van der Waals surface area contributed by atoms with Crippen LogP contribution in [-0.4, -0.2) is 24.1 Å². The molecule has 0 aromatic heterocycles. The summed E-state index contributed by atoms with van der Waals surface area (Å²) in [7, 11) is 0. The minimum Gasteiger partial charge on any atom is -0.512 e. The molecule has 3 nitrogen and oxygen atoms in total. The molecule has 2 rings (SSSR count). The zero-order chi connectivity index (χ0) is 12.1. The van der Waals surface area contributed by atoms with Gasteiger partial charge in [0, 0.05) is 47.6 Å². The van der Waals surface area contributed by atoms with E-state index in [0.29, 0.717) is 13.2 Å². The molecule has 1 saturated carbocycles. The van der Waals surface area contributed by atoms with Gasteiger partial charge in [0.15, 0.2) is 5.78 Å². The fourth-order valence-corrected chi connectivity index (χ4v) is 2.76. The van der Waals surface area contributed by atoms with Crippen molar-refractivity contribution >= 4 is 5.78 Å². The first-order valence-corrected chi connectivity index (χ1v) is 6.79. The summed E-state index contributed by atoms with van der Waals surface area (Å²) < 4.78 is 5.25.